The lowest BCUT2D eigenvalue weighted by Crippen LogP contribution is -2.28. The second-order valence-corrected chi connectivity index (χ2v) is 8.34. The van der Waals surface area contributed by atoms with Crippen LogP contribution in [0.15, 0.2) is 48.5 Å². The molecule has 34 heavy (non-hydrogen) atoms. The molecule has 2 amide bonds. The van der Waals surface area contributed by atoms with Crippen molar-refractivity contribution in [2.24, 2.45) is 5.92 Å². The lowest BCUT2D eigenvalue weighted by atomic mass is 10.1. The molecule has 1 aliphatic rings. The van der Waals surface area contributed by atoms with E-state index in [0.717, 1.165) is 19.3 Å². The summed E-state index contributed by atoms with van der Waals surface area (Å²) in [5.74, 6) is -2.50. The number of ether oxygens (including phenoxy) is 2. The van der Waals surface area contributed by atoms with Gasteiger partial charge in [-0.15, -0.1) is 0 Å². The maximum atomic E-state index is 12.5. The fraction of sp³-hybridized carbons (Fsp3) is 0.360. The topological polar surface area (TPSA) is 102 Å². The van der Waals surface area contributed by atoms with Crippen LogP contribution in [0.5, 0.6) is 0 Å². The summed E-state index contributed by atoms with van der Waals surface area (Å²) >= 11 is 5.99. The van der Waals surface area contributed by atoms with Crippen LogP contribution in [0.1, 0.15) is 43.0 Å². The van der Waals surface area contributed by atoms with Gasteiger partial charge >= 0.3 is 11.9 Å². The first-order valence-corrected chi connectivity index (χ1v) is 11.6. The molecule has 1 saturated heterocycles. The standard InChI is InChI=1S/C25H27ClN2O6/c1-2-3-6-13-33-24(31)17-9-11-19(12-10-17)28-15-18(14-23(28)30)25(32)34-16-22(29)27-21-8-5-4-7-20(21)26/h4-5,7-12,18H,2-3,6,13-16H2,1H3,(H,27,29)/t18-/m1/s1. The average Bonchev–Trinajstić information content (AvgIpc) is 3.23. The summed E-state index contributed by atoms with van der Waals surface area (Å²) in [6, 6.07) is 13.2. The molecule has 0 aliphatic carbocycles. The zero-order chi connectivity index (χ0) is 24.5. The highest BCUT2D eigenvalue weighted by molar-refractivity contribution is 6.33. The van der Waals surface area contributed by atoms with Crippen molar-refractivity contribution in [3.8, 4) is 0 Å². The Morgan fingerprint density at radius 1 is 1.06 bits per heavy atom. The first-order chi connectivity index (χ1) is 16.4. The van der Waals surface area contributed by atoms with Crippen molar-refractivity contribution >= 4 is 46.7 Å². The SMILES string of the molecule is CCCCCOC(=O)c1ccc(N2C[C@H](C(=O)OCC(=O)Nc3ccccc3Cl)CC2=O)cc1. The number of amides is 2. The quantitative estimate of drug-likeness (QED) is 0.398. The number of nitrogens with zero attached hydrogens (tertiary/aromatic N) is 1. The van der Waals surface area contributed by atoms with Crippen LogP contribution in [0.25, 0.3) is 0 Å². The van der Waals surface area contributed by atoms with Crippen molar-refractivity contribution in [1.82, 2.24) is 0 Å². The number of halogens is 1. The Labute approximate surface area is 203 Å². The maximum absolute atomic E-state index is 12.5. The number of carbonyl (C=O) groups excluding carboxylic acids is 4. The van der Waals surface area contributed by atoms with Crippen molar-refractivity contribution in [2.75, 3.05) is 30.0 Å². The fourth-order valence-electron chi connectivity index (χ4n) is 3.50. The molecule has 9 heteroatoms. The van der Waals surface area contributed by atoms with Crippen LogP contribution in [0, 0.1) is 5.92 Å². The van der Waals surface area contributed by atoms with Gasteiger partial charge in [0, 0.05) is 18.7 Å². The van der Waals surface area contributed by atoms with Gasteiger partial charge in [0.15, 0.2) is 6.61 Å². The second-order valence-electron chi connectivity index (χ2n) is 7.93. The van der Waals surface area contributed by atoms with Gasteiger partial charge in [0.25, 0.3) is 5.91 Å². The molecule has 0 spiro atoms. The van der Waals surface area contributed by atoms with E-state index >= 15 is 0 Å². The van der Waals surface area contributed by atoms with Gasteiger partial charge in [-0.25, -0.2) is 4.79 Å². The van der Waals surface area contributed by atoms with E-state index in [4.69, 9.17) is 21.1 Å². The number of nitrogens with one attached hydrogen (secondary N) is 1. The number of para-hydroxylation sites is 1. The zero-order valence-corrected chi connectivity index (χ0v) is 19.7. The molecule has 0 unspecified atom stereocenters. The summed E-state index contributed by atoms with van der Waals surface area (Å²) in [4.78, 5) is 50.5. The van der Waals surface area contributed by atoms with E-state index in [1.54, 1.807) is 48.5 Å². The Morgan fingerprint density at radius 2 is 1.79 bits per heavy atom. The lowest BCUT2D eigenvalue weighted by molar-refractivity contribution is -0.151. The highest BCUT2D eigenvalue weighted by Gasteiger charge is 2.36. The number of esters is 2. The molecule has 0 saturated carbocycles. The van der Waals surface area contributed by atoms with Crippen LogP contribution in [0.2, 0.25) is 5.02 Å². The van der Waals surface area contributed by atoms with Crippen LogP contribution in [-0.2, 0) is 23.9 Å². The largest absolute Gasteiger partial charge is 0.462 e. The maximum Gasteiger partial charge on any atom is 0.338 e. The van der Waals surface area contributed by atoms with Crippen molar-refractivity contribution < 1.29 is 28.7 Å². The molecule has 8 nitrogen and oxygen atoms in total. The third kappa shape index (κ3) is 6.81. The average molecular weight is 487 g/mol. The Balaban J connectivity index is 1.49. The van der Waals surface area contributed by atoms with Gasteiger partial charge in [0.2, 0.25) is 5.91 Å². The third-order valence-electron chi connectivity index (χ3n) is 5.35. The van der Waals surface area contributed by atoms with Crippen LogP contribution in [0.3, 0.4) is 0 Å². The lowest BCUT2D eigenvalue weighted by Gasteiger charge is -2.17. The summed E-state index contributed by atoms with van der Waals surface area (Å²) in [6.07, 6.45) is 2.84. The molecule has 1 N–H and O–H groups in total. The van der Waals surface area contributed by atoms with Crippen molar-refractivity contribution in [1.29, 1.82) is 0 Å². The van der Waals surface area contributed by atoms with E-state index < -0.39 is 30.4 Å². The minimum atomic E-state index is -0.691. The molecule has 2 aromatic carbocycles. The Bertz CT molecular complexity index is 1040. The second kappa shape index (κ2) is 12.2. The van der Waals surface area contributed by atoms with Gasteiger partial charge in [-0.05, 0) is 42.8 Å². The summed E-state index contributed by atoms with van der Waals surface area (Å²) in [7, 11) is 0. The first kappa shape index (κ1) is 25.2. The number of unbranched alkanes of at least 4 members (excludes halogenated alkanes) is 2. The smallest absolute Gasteiger partial charge is 0.338 e. The predicted molar refractivity (Wildman–Crippen MR) is 128 cm³/mol. The number of hydrogen-bond acceptors (Lipinski definition) is 6. The molecule has 2 aromatic rings. The Kier molecular flexibility index (Phi) is 9.04. The van der Waals surface area contributed by atoms with Crippen LogP contribution >= 0.6 is 11.6 Å². The van der Waals surface area contributed by atoms with Gasteiger partial charge in [0.1, 0.15) is 0 Å². The molecule has 1 heterocycles. The molecule has 3 rings (SSSR count). The molecule has 0 aromatic heterocycles. The van der Waals surface area contributed by atoms with Gasteiger partial charge < -0.3 is 19.7 Å². The van der Waals surface area contributed by atoms with Gasteiger partial charge in [-0.2, -0.15) is 0 Å². The molecular formula is C25H27ClN2O6. The van der Waals surface area contributed by atoms with Gasteiger partial charge in [-0.1, -0.05) is 43.5 Å². The molecular weight excluding hydrogens is 460 g/mol. The third-order valence-corrected chi connectivity index (χ3v) is 5.68. The summed E-state index contributed by atoms with van der Waals surface area (Å²) in [5, 5.41) is 2.94. The Morgan fingerprint density at radius 3 is 2.50 bits per heavy atom. The normalized spacial score (nSPS) is 15.2. The van der Waals surface area contributed by atoms with E-state index in [2.05, 4.69) is 12.2 Å². The van der Waals surface area contributed by atoms with Crippen molar-refractivity contribution in [2.45, 2.75) is 32.6 Å². The fourth-order valence-corrected chi connectivity index (χ4v) is 3.68. The van der Waals surface area contributed by atoms with Gasteiger partial charge in [-0.3, -0.25) is 14.4 Å². The van der Waals surface area contributed by atoms with Crippen LogP contribution < -0.4 is 10.2 Å². The van der Waals surface area contributed by atoms with E-state index in [-0.39, 0.29) is 18.9 Å². The highest BCUT2D eigenvalue weighted by atomic mass is 35.5. The number of rotatable bonds is 10. The minimum Gasteiger partial charge on any atom is -0.462 e. The zero-order valence-electron chi connectivity index (χ0n) is 18.9. The first-order valence-electron chi connectivity index (χ1n) is 11.2. The summed E-state index contributed by atoms with van der Waals surface area (Å²) in [5.41, 5.74) is 1.38. The Hall–Kier alpha value is -3.39. The van der Waals surface area contributed by atoms with Crippen molar-refractivity contribution in [3.05, 3.63) is 59.1 Å². The van der Waals surface area contributed by atoms with E-state index in [0.29, 0.717) is 28.6 Å². The van der Waals surface area contributed by atoms with E-state index in [9.17, 15) is 19.2 Å². The van der Waals surface area contributed by atoms with E-state index in [1.807, 2.05) is 0 Å². The number of benzene rings is 2. The van der Waals surface area contributed by atoms with Crippen molar-refractivity contribution in [3.63, 3.8) is 0 Å². The molecule has 1 atom stereocenters. The minimum absolute atomic E-state index is 0.0216. The highest BCUT2D eigenvalue weighted by Crippen LogP contribution is 2.26. The van der Waals surface area contributed by atoms with E-state index in [1.165, 1.54) is 4.90 Å². The van der Waals surface area contributed by atoms with Crippen LogP contribution in [-0.4, -0.2) is 43.5 Å². The monoisotopic (exact) mass is 486 g/mol. The summed E-state index contributed by atoms with van der Waals surface area (Å²) in [6.45, 7) is 2.09. The number of carbonyl (C=O) groups is 4. The molecule has 0 bridgehead atoms. The van der Waals surface area contributed by atoms with Gasteiger partial charge in [0.05, 0.1) is 28.8 Å². The molecule has 180 valence electrons. The summed E-state index contributed by atoms with van der Waals surface area (Å²) < 4.78 is 10.3. The number of anilines is 2. The molecule has 0 radical (unpaired) electrons. The molecule has 1 fully saturated rings. The predicted octanol–water partition coefficient (Wildman–Crippen LogP) is 4.22. The number of hydrogen-bond donors (Lipinski definition) is 1. The molecule has 1 aliphatic heterocycles. The van der Waals surface area contributed by atoms with Crippen LogP contribution in [0.4, 0.5) is 11.4 Å².